The molecule has 1 aromatic carbocycles. The summed E-state index contributed by atoms with van der Waals surface area (Å²) in [5.74, 6) is -0.310. The van der Waals surface area contributed by atoms with E-state index >= 15 is 0 Å². The van der Waals surface area contributed by atoms with Crippen molar-refractivity contribution in [3.05, 3.63) is 47.0 Å². The number of rotatable bonds is 1. The summed E-state index contributed by atoms with van der Waals surface area (Å²) in [6.45, 7) is 3.63. The largest absolute Gasteiger partial charge is 0.454 e. The zero-order chi connectivity index (χ0) is 10.1. The number of halogens is 1. The number of cyclic esters (lactones) is 1. The lowest BCUT2D eigenvalue weighted by Gasteiger charge is -2.08. The van der Waals surface area contributed by atoms with Crippen molar-refractivity contribution in [2.24, 2.45) is 0 Å². The van der Waals surface area contributed by atoms with Gasteiger partial charge in [0, 0.05) is 17.0 Å². The maximum atomic E-state index is 11.1. The summed E-state index contributed by atoms with van der Waals surface area (Å²) in [6, 6.07) is 7.32. The van der Waals surface area contributed by atoms with Gasteiger partial charge in [0.2, 0.25) is 0 Å². The standard InChI is InChI=1S/C11H9ClO2/c1-7-5-10(14-11(7)13)8-3-2-4-9(12)6-8/h2-4,6,10H,1,5H2. The van der Waals surface area contributed by atoms with Gasteiger partial charge in [-0.15, -0.1) is 0 Å². The van der Waals surface area contributed by atoms with Gasteiger partial charge < -0.3 is 4.74 Å². The second kappa shape index (κ2) is 3.46. The monoisotopic (exact) mass is 208 g/mol. The van der Waals surface area contributed by atoms with Gasteiger partial charge in [0.25, 0.3) is 0 Å². The summed E-state index contributed by atoms with van der Waals surface area (Å²) >= 11 is 5.83. The quantitative estimate of drug-likeness (QED) is 0.524. The van der Waals surface area contributed by atoms with Gasteiger partial charge in [0.15, 0.2) is 0 Å². The summed E-state index contributed by atoms with van der Waals surface area (Å²) in [5.41, 5.74) is 1.44. The summed E-state index contributed by atoms with van der Waals surface area (Å²) in [6.07, 6.45) is 0.341. The molecule has 0 amide bonds. The van der Waals surface area contributed by atoms with Crippen molar-refractivity contribution in [2.75, 3.05) is 0 Å². The maximum Gasteiger partial charge on any atom is 0.334 e. The molecule has 0 N–H and O–H groups in total. The van der Waals surface area contributed by atoms with Crippen molar-refractivity contribution in [3.8, 4) is 0 Å². The number of esters is 1. The number of benzene rings is 1. The van der Waals surface area contributed by atoms with Gasteiger partial charge in [-0.1, -0.05) is 30.3 Å². The van der Waals surface area contributed by atoms with E-state index in [1.54, 1.807) is 12.1 Å². The van der Waals surface area contributed by atoms with Gasteiger partial charge >= 0.3 is 5.97 Å². The summed E-state index contributed by atoms with van der Waals surface area (Å²) < 4.78 is 5.12. The fourth-order valence-corrected chi connectivity index (χ4v) is 1.65. The average Bonchev–Trinajstić information content (AvgIpc) is 2.47. The van der Waals surface area contributed by atoms with Crippen LogP contribution in [-0.2, 0) is 9.53 Å². The van der Waals surface area contributed by atoms with E-state index in [-0.39, 0.29) is 12.1 Å². The van der Waals surface area contributed by atoms with E-state index in [2.05, 4.69) is 6.58 Å². The zero-order valence-corrected chi connectivity index (χ0v) is 8.25. The second-order valence-corrected chi connectivity index (χ2v) is 3.69. The average molecular weight is 209 g/mol. The highest BCUT2D eigenvalue weighted by Crippen LogP contribution is 2.32. The molecule has 0 aliphatic carbocycles. The van der Waals surface area contributed by atoms with E-state index in [4.69, 9.17) is 16.3 Å². The van der Waals surface area contributed by atoms with Crippen molar-refractivity contribution in [3.63, 3.8) is 0 Å². The highest BCUT2D eigenvalue weighted by atomic mass is 35.5. The van der Waals surface area contributed by atoms with Crippen molar-refractivity contribution in [2.45, 2.75) is 12.5 Å². The van der Waals surface area contributed by atoms with Crippen LogP contribution in [0.15, 0.2) is 36.4 Å². The molecule has 2 nitrogen and oxygen atoms in total. The molecule has 72 valence electrons. The second-order valence-electron chi connectivity index (χ2n) is 3.26. The molecule has 0 aromatic heterocycles. The lowest BCUT2D eigenvalue weighted by molar-refractivity contribution is -0.139. The molecule has 0 spiro atoms. The van der Waals surface area contributed by atoms with E-state index in [0.717, 1.165) is 5.56 Å². The van der Waals surface area contributed by atoms with Crippen LogP contribution in [-0.4, -0.2) is 5.97 Å². The van der Waals surface area contributed by atoms with Crippen LogP contribution in [0.1, 0.15) is 18.1 Å². The summed E-state index contributed by atoms with van der Waals surface area (Å²) in [5, 5.41) is 0.649. The molecule has 0 bridgehead atoms. The first-order chi connectivity index (χ1) is 6.66. The maximum absolute atomic E-state index is 11.1. The fraction of sp³-hybridized carbons (Fsp3) is 0.182. The molecule has 1 saturated heterocycles. The van der Waals surface area contributed by atoms with E-state index in [9.17, 15) is 4.79 Å². The summed E-state index contributed by atoms with van der Waals surface area (Å²) in [7, 11) is 0. The topological polar surface area (TPSA) is 26.3 Å². The van der Waals surface area contributed by atoms with Crippen LogP contribution in [0.2, 0.25) is 5.02 Å². The number of carbonyl (C=O) groups excluding carboxylic acids is 1. The highest BCUT2D eigenvalue weighted by Gasteiger charge is 2.28. The smallest absolute Gasteiger partial charge is 0.334 e. The van der Waals surface area contributed by atoms with Crippen LogP contribution in [0.25, 0.3) is 0 Å². The predicted molar refractivity (Wildman–Crippen MR) is 54.0 cm³/mol. The van der Waals surface area contributed by atoms with Gasteiger partial charge in [-0.25, -0.2) is 4.79 Å². The van der Waals surface area contributed by atoms with Crippen LogP contribution in [0.5, 0.6) is 0 Å². The Hall–Kier alpha value is -1.28. The van der Waals surface area contributed by atoms with Crippen molar-refractivity contribution >= 4 is 17.6 Å². The van der Waals surface area contributed by atoms with Gasteiger partial charge in [-0.05, 0) is 17.7 Å². The van der Waals surface area contributed by atoms with Crippen LogP contribution in [0, 0.1) is 0 Å². The predicted octanol–water partition coefficient (Wildman–Crippen LogP) is 2.88. The molecule has 1 aromatic rings. The third kappa shape index (κ3) is 1.66. The molecule has 1 aliphatic heterocycles. The Morgan fingerprint density at radius 1 is 1.50 bits per heavy atom. The van der Waals surface area contributed by atoms with Crippen molar-refractivity contribution in [1.82, 2.24) is 0 Å². The molecule has 0 saturated carbocycles. The normalized spacial score (nSPS) is 21.1. The first-order valence-electron chi connectivity index (χ1n) is 4.31. The van der Waals surface area contributed by atoms with E-state index in [1.807, 2.05) is 12.1 Å². The lowest BCUT2D eigenvalue weighted by atomic mass is 10.1. The Kier molecular flexibility index (Phi) is 2.30. The lowest BCUT2D eigenvalue weighted by Crippen LogP contribution is -1.98. The van der Waals surface area contributed by atoms with Gasteiger partial charge in [-0.2, -0.15) is 0 Å². The zero-order valence-electron chi connectivity index (χ0n) is 7.50. The van der Waals surface area contributed by atoms with E-state index in [0.29, 0.717) is 17.0 Å². The fourth-order valence-electron chi connectivity index (χ4n) is 1.45. The minimum Gasteiger partial charge on any atom is -0.454 e. The van der Waals surface area contributed by atoms with Gasteiger partial charge in [-0.3, -0.25) is 0 Å². The SMILES string of the molecule is C=C1CC(c2cccc(Cl)c2)OC1=O. The van der Waals surface area contributed by atoms with Gasteiger partial charge in [0.05, 0.1) is 0 Å². The van der Waals surface area contributed by atoms with Crippen LogP contribution in [0.4, 0.5) is 0 Å². The van der Waals surface area contributed by atoms with Crippen LogP contribution < -0.4 is 0 Å². The molecular formula is C11H9ClO2. The molecular weight excluding hydrogens is 200 g/mol. The van der Waals surface area contributed by atoms with Crippen LogP contribution in [0.3, 0.4) is 0 Å². The number of ether oxygens (including phenoxy) is 1. The number of carbonyl (C=O) groups is 1. The minimum absolute atomic E-state index is 0.214. The Labute approximate surface area is 87.1 Å². The molecule has 1 unspecified atom stereocenters. The summed E-state index contributed by atoms with van der Waals surface area (Å²) in [4.78, 5) is 11.1. The van der Waals surface area contributed by atoms with Crippen molar-refractivity contribution in [1.29, 1.82) is 0 Å². The molecule has 0 radical (unpaired) electrons. The van der Waals surface area contributed by atoms with E-state index < -0.39 is 0 Å². The number of hydrogen-bond acceptors (Lipinski definition) is 2. The Balaban J connectivity index is 2.25. The Morgan fingerprint density at radius 3 is 2.86 bits per heavy atom. The molecule has 3 heteroatoms. The molecule has 1 atom stereocenters. The third-order valence-corrected chi connectivity index (χ3v) is 2.43. The minimum atomic E-state index is -0.310. The van der Waals surface area contributed by atoms with Crippen LogP contribution >= 0.6 is 11.6 Å². The molecule has 14 heavy (non-hydrogen) atoms. The third-order valence-electron chi connectivity index (χ3n) is 2.19. The van der Waals surface area contributed by atoms with E-state index in [1.165, 1.54) is 0 Å². The van der Waals surface area contributed by atoms with Gasteiger partial charge in [0.1, 0.15) is 6.10 Å². The molecule has 1 heterocycles. The Morgan fingerprint density at radius 2 is 2.29 bits per heavy atom. The molecule has 1 aliphatic rings. The highest BCUT2D eigenvalue weighted by molar-refractivity contribution is 6.30. The van der Waals surface area contributed by atoms with Crippen molar-refractivity contribution < 1.29 is 9.53 Å². The number of hydrogen-bond donors (Lipinski definition) is 0. The first-order valence-corrected chi connectivity index (χ1v) is 4.69. The first kappa shape index (κ1) is 9.28. The molecule has 1 fully saturated rings. The Bertz CT molecular complexity index is 382. The molecule has 2 rings (SSSR count).